The number of nitrogens with zero attached hydrogens (tertiary/aromatic N) is 1. The molecule has 0 spiro atoms. The number of amides is 1. The number of carboxylic acid groups (broad SMARTS) is 1. The SMILES string of the molecule is CNCCOc1cccc2c1ccn2S(=O)(=O)c1ccc(NC(C)=O)cc1.O=C(O)C(F)(F)F. The topological polar surface area (TPSA) is 127 Å². The minimum Gasteiger partial charge on any atom is -0.492 e. The summed E-state index contributed by atoms with van der Waals surface area (Å²) in [6.07, 6.45) is -3.56. The van der Waals surface area contributed by atoms with Crippen LogP contribution in [0.2, 0.25) is 0 Å². The number of likely N-dealkylation sites (N-methyl/N-ethyl adjacent to an activating group) is 1. The minimum absolute atomic E-state index is 0.135. The van der Waals surface area contributed by atoms with Gasteiger partial charge in [-0.15, -0.1) is 0 Å². The number of hydrogen-bond acceptors (Lipinski definition) is 6. The third-order valence-electron chi connectivity index (χ3n) is 4.24. The highest BCUT2D eigenvalue weighted by Gasteiger charge is 2.38. The summed E-state index contributed by atoms with van der Waals surface area (Å²) >= 11 is 0. The number of hydrogen-bond donors (Lipinski definition) is 3. The van der Waals surface area contributed by atoms with E-state index in [2.05, 4.69) is 10.6 Å². The summed E-state index contributed by atoms with van der Waals surface area (Å²) in [5.41, 5.74) is 1.09. The van der Waals surface area contributed by atoms with E-state index in [1.807, 2.05) is 13.1 Å². The van der Waals surface area contributed by atoms with Crippen LogP contribution in [0, 0.1) is 0 Å². The first-order chi connectivity index (χ1) is 15.9. The molecule has 3 rings (SSSR count). The molecule has 1 amide bonds. The number of carbonyl (C=O) groups is 2. The van der Waals surface area contributed by atoms with E-state index in [-0.39, 0.29) is 10.8 Å². The number of rotatable bonds is 7. The van der Waals surface area contributed by atoms with E-state index in [1.54, 1.807) is 30.3 Å². The lowest BCUT2D eigenvalue weighted by Crippen LogP contribution is -2.21. The van der Waals surface area contributed by atoms with Crippen molar-refractivity contribution in [3.63, 3.8) is 0 Å². The van der Waals surface area contributed by atoms with Crippen molar-refractivity contribution in [1.82, 2.24) is 9.29 Å². The van der Waals surface area contributed by atoms with Crippen LogP contribution in [0.4, 0.5) is 18.9 Å². The predicted octanol–water partition coefficient (Wildman–Crippen LogP) is 3.07. The zero-order chi connectivity index (χ0) is 25.5. The average Bonchev–Trinajstić information content (AvgIpc) is 3.19. The van der Waals surface area contributed by atoms with E-state index < -0.39 is 22.2 Å². The fourth-order valence-electron chi connectivity index (χ4n) is 2.74. The second kappa shape index (κ2) is 11.0. The summed E-state index contributed by atoms with van der Waals surface area (Å²) in [6.45, 7) is 2.57. The number of benzene rings is 2. The Balaban J connectivity index is 0.000000509. The van der Waals surface area contributed by atoms with E-state index in [4.69, 9.17) is 14.6 Å². The van der Waals surface area contributed by atoms with Gasteiger partial charge in [-0.3, -0.25) is 4.79 Å². The molecule has 0 saturated carbocycles. The van der Waals surface area contributed by atoms with E-state index in [1.165, 1.54) is 29.2 Å². The third-order valence-corrected chi connectivity index (χ3v) is 5.94. The Kier molecular flexibility index (Phi) is 8.65. The lowest BCUT2D eigenvalue weighted by Gasteiger charge is -2.10. The Labute approximate surface area is 193 Å². The summed E-state index contributed by atoms with van der Waals surface area (Å²) < 4.78 is 64.8. The van der Waals surface area contributed by atoms with Crippen molar-refractivity contribution in [2.75, 3.05) is 25.5 Å². The van der Waals surface area contributed by atoms with Gasteiger partial charge in [0.05, 0.1) is 10.4 Å². The van der Waals surface area contributed by atoms with Crippen molar-refractivity contribution >= 4 is 38.5 Å². The van der Waals surface area contributed by atoms with Crippen LogP contribution in [-0.2, 0) is 19.6 Å². The molecule has 184 valence electrons. The molecule has 34 heavy (non-hydrogen) atoms. The first kappa shape index (κ1) is 26.7. The molecule has 0 fully saturated rings. The number of anilines is 1. The van der Waals surface area contributed by atoms with Crippen LogP contribution in [0.3, 0.4) is 0 Å². The minimum atomic E-state index is -5.08. The molecular weight excluding hydrogens is 479 g/mol. The van der Waals surface area contributed by atoms with Crippen molar-refractivity contribution < 1.29 is 41.0 Å². The standard InChI is InChI=1S/C19H21N3O4S.C2HF3O2/c1-14(23)21-15-6-8-16(9-7-15)27(24,25)22-12-10-17-18(22)4-3-5-19(17)26-13-11-20-2;3-2(4,5)1(6)7/h3-10,12,20H,11,13H2,1-2H3,(H,21,23);(H,6,7). The number of aromatic nitrogens is 1. The highest BCUT2D eigenvalue weighted by molar-refractivity contribution is 7.90. The number of halogens is 3. The zero-order valence-electron chi connectivity index (χ0n) is 18.1. The third kappa shape index (κ3) is 6.71. The van der Waals surface area contributed by atoms with E-state index in [0.717, 1.165) is 5.39 Å². The molecule has 0 saturated heterocycles. The molecule has 1 aromatic heterocycles. The number of nitrogens with one attached hydrogen (secondary N) is 2. The molecule has 2 aromatic carbocycles. The van der Waals surface area contributed by atoms with Gasteiger partial charge in [-0.25, -0.2) is 17.2 Å². The molecular formula is C21H22F3N3O6S. The quantitative estimate of drug-likeness (QED) is 0.425. The van der Waals surface area contributed by atoms with Crippen LogP contribution in [-0.4, -0.2) is 55.7 Å². The van der Waals surface area contributed by atoms with Gasteiger partial charge in [0.2, 0.25) is 5.91 Å². The highest BCUT2D eigenvalue weighted by atomic mass is 32.2. The van der Waals surface area contributed by atoms with E-state index in [9.17, 15) is 26.4 Å². The van der Waals surface area contributed by atoms with Gasteiger partial charge >= 0.3 is 12.1 Å². The summed E-state index contributed by atoms with van der Waals surface area (Å²) in [4.78, 5) is 20.1. The summed E-state index contributed by atoms with van der Waals surface area (Å²) in [7, 11) is -1.94. The smallest absolute Gasteiger partial charge is 0.490 e. The molecule has 0 unspecified atom stereocenters. The molecule has 9 nitrogen and oxygen atoms in total. The summed E-state index contributed by atoms with van der Waals surface area (Å²) in [6, 6.07) is 13.1. The normalized spacial score (nSPS) is 11.4. The van der Waals surface area contributed by atoms with Gasteiger partial charge in [0.25, 0.3) is 10.0 Å². The molecule has 0 bridgehead atoms. The van der Waals surface area contributed by atoms with Gasteiger partial charge in [0.15, 0.2) is 0 Å². The fourth-order valence-corrected chi connectivity index (χ4v) is 4.09. The lowest BCUT2D eigenvalue weighted by molar-refractivity contribution is -0.192. The second-order valence-electron chi connectivity index (χ2n) is 6.77. The maximum Gasteiger partial charge on any atom is 0.490 e. The second-order valence-corrected chi connectivity index (χ2v) is 8.58. The predicted molar refractivity (Wildman–Crippen MR) is 118 cm³/mol. The van der Waals surface area contributed by atoms with Gasteiger partial charge in [0, 0.05) is 30.7 Å². The van der Waals surface area contributed by atoms with Crippen LogP contribution >= 0.6 is 0 Å². The van der Waals surface area contributed by atoms with Crippen molar-refractivity contribution in [3.8, 4) is 5.75 Å². The van der Waals surface area contributed by atoms with Gasteiger partial charge < -0.3 is 20.5 Å². The van der Waals surface area contributed by atoms with Crippen molar-refractivity contribution in [2.45, 2.75) is 18.0 Å². The number of carboxylic acids is 1. The van der Waals surface area contributed by atoms with E-state index >= 15 is 0 Å². The molecule has 0 atom stereocenters. The summed E-state index contributed by atoms with van der Waals surface area (Å²) in [5.74, 6) is -2.34. The highest BCUT2D eigenvalue weighted by Crippen LogP contribution is 2.29. The number of carbonyl (C=O) groups excluding carboxylic acids is 1. The molecule has 1 heterocycles. The summed E-state index contributed by atoms with van der Waals surface area (Å²) in [5, 5.41) is 13.5. The Morgan fingerprint density at radius 1 is 1.09 bits per heavy atom. The maximum atomic E-state index is 13.0. The Hall–Kier alpha value is -3.58. The Morgan fingerprint density at radius 3 is 2.24 bits per heavy atom. The Bertz CT molecular complexity index is 1250. The maximum absolute atomic E-state index is 13.0. The molecule has 0 aliphatic rings. The first-order valence-corrected chi connectivity index (χ1v) is 11.1. The molecule has 13 heteroatoms. The van der Waals surface area contributed by atoms with Crippen LogP contribution < -0.4 is 15.4 Å². The molecule has 0 radical (unpaired) electrons. The van der Waals surface area contributed by atoms with Crippen LogP contribution in [0.1, 0.15) is 6.92 Å². The molecule has 3 aromatic rings. The van der Waals surface area contributed by atoms with Crippen molar-refractivity contribution in [1.29, 1.82) is 0 Å². The Morgan fingerprint density at radius 2 is 1.71 bits per heavy atom. The lowest BCUT2D eigenvalue weighted by atomic mass is 10.2. The van der Waals surface area contributed by atoms with Gasteiger partial charge in [-0.1, -0.05) is 6.07 Å². The molecule has 0 aliphatic heterocycles. The van der Waals surface area contributed by atoms with Gasteiger partial charge in [-0.2, -0.15) is 13.2 Å². The monoisotopic (exact) mass is 501 g/mol. The largest absolute Gasteiger partial charge is 0.492 e. The van der Waals surface area contributed by atoms with Gasteiger partial charge in [0.1, 0.15) is 12.4 Å². The zero-order valence-corrected chi connectivity index (χ0v) is 18.9. The molecule has 3 N–H and O–H groups in total. The van der Waals surface area contributed by atoms with Crippen molar-refractivity contribution in [2.24, 2.45) is 0 Å². The van der Waals surface area contributed by atoms with Crippen molar-refractivity contribution in [3.05, 3.63) is 54.7 Å². The van der Waals surface area contributed by atoms with Gasteiger partial charge in [-0.05, 0) is 49.5 Å². The number of aliphatic carboxylic acids is 1. The average molecular weight is 501 g/mol. The number of alkyl halides is 3. The first-order valence-electron chi connectivity index (χ1n) is 9.68. The number of fused-ring (bicyclic) bond motifs is 1. The van der Waals surface area contributed by atoms with Crippen LogP contribution in [0.15, 0.2) is 59.6 Å². The fraction of sp³-hybridized carbons (Fsp3) is 0.238. The molecule has 0 aliphatic carbocycles. The van der Waals surface area contributed by atoms with Crippen LogP contribution in [0.25, 0.3) is 10.9 Å². The number of ether oxygens (including phenoxy) is 1. The van der Waals surface area contributed by atoms with E-state index in [0.29, 0.717) is 30.1 Å². The van der Waals surface area contributed by atoms with Crippen LogP contribution in [0.5, 0.6) is 5.75 Å².